The Morgan fingerprint density at radius 3 is 2.52 bits per heavy atom. The lowest BCUT2D eigenvalue weighted by Gasteiger charge is -2.22. The summed E-state index contributed by atoms with van der Waals surface area (Å²) >= 11 is 6.27. The largest absolute Gasteiger partial charge is 0.456 e. The van der Waals surface area contributed by atoms with Crippen LogP contribution < -0.4 is 0 Å². The van der Waals surface area contributed by atoms with Crippen molar-refractivity contribution >= 4 is 33.5 Å². The molecule has 0 aliphatic heterocycles. The molecule has 3 aromatic carbocycles. The Labute approximate surface area is 139 Å². The number of fused-ring (bicyclic) bond motifs is 7. The van der Waals surface area contributed by atoms with Crippen LogP contribution in [0, 0.1) is 0 Å². The van der Waals surface area contributed by atoms with Crippen LogP contribution in [0.2, 0.25) is 5.02 Å². The molecule has 4 aromatic rings. The summed E-state index contributed by atoms with van der Waals surface area (Å²) in [5, 5.41) is 3.21. The normalized spacial score (nSPS) is 15.1. The van der Waals surface area contributed by atoms with Gasteiger partial charge in [0.2, 0.25) is 0 Å². The fourth-order valence-electron chi connectivity index (χ4n) is 4.09. The first kappa shape index (κ1) is 13.2. The molecular formula is C21H15ClO. The summed E-state index contributed by atoms with van der Waals surface area (Å²) in [5.74, 6) is 0. The Balaban J connectivity index is 2.00. The molecule has 0 atom stereocenters. The van der Waals surface area contributed by atoms with Crippen molar-refractivity contribution in [3.05, 3.63) is 70.7 Å². The molecule has 0 spiro atoms. The quantitative estimate of drug-likeness (QED) is 0.358. The third kappa shape index (κ3) is 1.58. The molecule has 2 heteroatoms. The van der Waals surface area contributed by atoms with Gasteiger partial charge in [0.05, 0.1) is 0 Å². The van der Waals surface area contributed by atoms with Gasteiger partial charge in [-0.2, -0.15) is 0 Å². The van der Waals surface area contributed by atoms with Gasteiger partial charge in [-0.25, -0.2) is 0 Å². The lowest BCUT2D eigenvalue weighted by molar-refractivity contribution is 0.657. The molecule has 1 aromatic heterocycles. The van der Waals surface area contributed by atoms with Crippen LogP contribution in [0.5, 0.6) is 0 Å². The minimum atomic E-state index is -0.0955. The molecule has 0 saturated heterocycles. The van der Waals surface area contributed by atoms with E-state index < -0.39 is 0 Å². The van der Waals surface area contributed by atoms with E-state index in [0.29, 0.717) is 0 Å². The molecular weight excluding hydrogens is 304 g/mol. The predicted molar refractivity (Wildman–Crippen MR) is 96.3 cm³/mol. The van der Waals surface area contributed by atoms with Crippen molar-refractivity contribution < 1.29 is 4.42 Å². The Morgan fingerprint density at radius 1 is 0.870 bits per heavy atom. The molecule has 1 heterocycles. The highest BCUT2D eigenvalue weighted by Gasteiger charge is 2.38. The number of hydrogen-bond donors (Lipinski definition) is 0. The van der Waals surface area contributed by atoms with Crippen LogP contribution in [0.3, 0.4) is 0 Å². The lowest BCUT2D eigenvalue weighted by Crippen LogP contribution is -2.15. The van der Waals surface area contributed by atoms with Crippen LogP contribution in [0.25, 0.3) is 33.1 Å². The maximum atomic E-state index is 6.27. The van der Waals surface area contributed by atoms with Crippen molar-refractivity contribution in [2.45, 2.75) is 19.3 Å². The Kier molecular flexibility index (Phi) is 2.40. The Morgan fingerprint density at radius 2 is 1.65 bits per heavy atom. The standard InChI is InChI=1S/C21H15ClO/c1-21(2)16-11-12(22)7-8-13(16)14-9-10-18-19(20(14)21)15-5-3-4-6-17(15)23-18/h3-11H,1-2H3. The van der Waals surface area contributed by atoms with E-state index in [9.17, 15) is 0 Å². The van der Waals surface area contributed by atoms with Crippen molar-refractivity contribution in [1.29, 1.82) is 0 Å². The zero-order valence-corrected chi connectivity index (χ0v) is 13.7. The number of rotatable bonds is 0. The molecule has 112 valence electrons. The van der Waals surface area contributed by atoms with Crippen LogP contribution in [0.1, 0.15) is 25.0 Å². The van der Waals surface area contributed by atoms with Crippen LogP contribution in [0.15, 0.2) is 59.0 Å². The van der Waals surface area contributed by atoms with Gasteiger partial charge >= 0.3 is 0 Å². The SMILES string of the molecule is CC1(C)c2cc(Cl)ccc2-c2ccc3oc4ccccc4c3c21. The highest BCUT2D eigenvalue weighted by Crippen LogP contribution is 2.53. The summed E-state index contributed by atoms with van der Waals surface area (Å²) in [4.78, 5) is 0. The molecule has 1 aliphatic carbocycles. The highest BCUT2D eigenvalue weighted by atomic mass is 35.5. The first-order valence-corrected chi connectivity index (χ1v) is 8.20. The minimum absolute atomic E-state index is 0.0955. The van der Waals surface area contributed by atoms with Gasteiger partial charge in [-0.1, -0.05) is 55.8 Å². The van der Waals surface area contributed by atoms with Crippen molar-refractivity contribution in [2.24, 2.45) is 0 Å². The topological polar surface area (TPSA) is 13.1 Å². The van der Waals surface area contributed by atoms with Gasteiger partial charge in [0.1, 0.15) is 11.2 Å². The second-order valence-electron chi connectivity index (χ2n) is 6.77. The summed E-state index contributed by atoms with van der Waals surface area (Å²) in [6.45, 7) is 4.55. The van der Waals surface area contributed by atoms with Crippen molar-refractivity contribution in [1.82, 2.24) is 0 Å². The van der Waals surface area contributed by atoms with E-state index in [1.807, 2.05) is 18.2 Å². The van der Waals surface area contributed by atoms with Gasteiger partial charge in [0.25, 0.3) is 0 Å². The van der Waals surface area contributed by atoms with Gasteiger partial charge < -0.3 is 4.42 Å². The first-order chi connectivity index (χ1) is 11.1. The third-order valence-corrected chi connectivity index (χ3v) is 5.35. The van der Waals surface area contributed by atoms with Crippen molar-refractivity contribution in [3.63, 3.8) is 0 Å². The minimum Gasteiger partial charge on any atom is -0.456 e. The predicted octanol–water partition coefficient (Wildman–Crippen LogP) is 6.55. The second kappa shape index (κ2) is 4.18. The smallest absolute Gasteiger partial charge is 0.135 e. The molecule has 0 radical (unpaired) electrons. The molecule has 5 rings (SSSR count). The van der Waals surface area contributed by atoms with Crippen molar-refractivity contribution in [3.8, 4) is 11.1 Å². The van der Waals surface area contributed by atoms with Gasteiger partial charge in [0, 0.05) is 21.2 Å². The van der Waals surface area contributed by atoms with Gasteiger partial charge in [-0.3, -0.25) is 0 Å². The van der Waals surface area contributed by atoms with Crippen LogP contribution in [-0.2, 0) is 5.41 Å². The zero-order valence-electron chi connectivity index (χ0n) is 13.0. The van der Waals surface area contributed by atoms with Crippen molar-refractivity contribution in [2.75, 3.05) is 0 Å². The monoisotopic (exact) mass is 318 g/mol. The molecule has 0 bridgehead atoms. The van der Waals surface area contributed by atoms with Gasteiger partial charge in [-0.05, 0) is 46.5 Å². The fourth-order valence-corrected chi connectivity index (χ4v) is 4.27. The number of halogens is 1. The molecule has 1 aliphatic rings. The maximum absolute atomic E-state index is 6.27. The summed E-state index contributed by atoms with van der Waals surface area (Å²) in [6, 6.07) is 18.8. The van der Waals surface area contributed by atoms with Crippen LogP contribution in [0.4, 0.5) is 0 Å². The van der Waals surface area contributed by atoms with E-state index in [1.165, 1.54) is 33.0 Å². The zero-order chi connectivity index (χ0) is 15.8. The number of benzene rings is 3. The summed E-state index contributed by atoms with van der Waals surface area (Å²) < 4.78 is 6.07. The fraction of sp³-hybridized carbons (Fsp3) is 0.143. The first-order valence-electron chi connectivity index (χ1n) is 7.82. The summed E-state index contributed by atoms with van der Waals surface area (Å²) in [6.07, 6.45) is 0. The molecule has 1 nitrogen and oxygen atoms in total. The molecule has 0 amide bonds. The van der Waals surface area contributed by atoms with Crippen LogP contribution in [-0.4, -0.2) is 0 Å². The third-order valence-electron chi connectivity index (χ3n) is 5.11. The van der Waals surface area contributed by atoms with E-state index in [4.69, 9.17) is 16.0 Å². The second-order valence-corrected chi connectivity index (χ2v) is 7.21. The molecule has 0 fully saturated rings. The highest BCUT2D eigenvalue weighted by molar-refractivity contribution is 6.30. The molecule has 0 N–H and O–H groups in total. The average molecular weight is 319 g/mol. The lowest BCUT2D eigenvalue weighted by atomic mass is 9.80. The van der Waals surface area contributed by atoms with E-state index in [0.717, 1.165) is 16.2 Å². The van der Waals surface area contributed by atoms with E-state index in [1.54, 1.807) is 0 Å². The molecule has 23 heavy (non-hydrogen) atoms. The van der Waals surface area contributed by atoms with Crippen LogP contribution >= 0.6 is 11.6 Å². The Bertz CT molecular complexity index is 1100. The number of furan rings is 1. The molecule has 0 unspecified atom stereocenters. The maximum Gasteiger partial charge on any atom is 0.135 e. The average Bonchev–Trinajstić information content (AvgIpc) is 3.01. The number of para-hydroxylation sites is 1. The summed E-state index contributed by atoms with van der Waals surface area (Å²) in [7, 11) is 0. The van der Waals surface area contributed by atoms with E-state index in [-0.39, 0.29) is 5.41 Å². The number of hydrogen-bond acceptors (Lipinski definition) is 1. The van der Waals surface area contributed by atoms with Gasteiger partial charge in [-0.15, -0.1) is 0 Å². The summed E-state index contributed by atoms with van der Waals surface area (Å²) in [5.41, 5.74) is 7.01. The molecule has 0 saturated carbocycles. The Hall–Kier alpha value is -2.25. The van der Waals surface area contributed by atoms with E-state index in [2.05, 4.69) is 50.2 Å². The van der Waals surface area contributed by atoms with E-state index >= 15 is 0 Å². The van der Waals surface area contributed by atoms with Gasteiger partial charge in [0.15, 0.2) is 0 Å².